The molecule has 1 heterocycles. The molecular formula is C28H42Na3O3+. The van der Waals surface area contributed by atoms with Crippen molar-refractivity contribution < 1.29 is 104 Å². The summed E-state index contributed by atoms with van der Waals surface area (Å²) < 4.78 is 4.71. The number of rotatable bonds is 8. The molecule has 0 N–H and O–H groups in total. The number of epoxide rings is 1. The van der Waals surface area contributed by atoms with Crippen LogP contribution in [0.4, 0.5) is 0 Å². The summed E-state index contributed by atoms with van der Waals surface area (Å²) >= 11 is 0. The molecule has 0 amide bonds. The maximum absolute atomic E-state index is 10.9. The number of aryl methyl sites for hydroxylation is 1. The van der Waals surface area contributed by atoms with Gasteiger partial charge in [-0.15, -0.1) is 11.5 Å². The second kappa shape index (κ2) is 23.1. The summed E-state index contributed by atoms with van der Waals surface area (Å²) in [6.07, 6.45) is 11.1. The maximum atomic E-state index is 10.9. The van der Waals surface area contributed by atoms with Gasteiger partial charge in [0.1, 0.15) is 0 Å². The van der Waals surface area contributed by atoms with Gasteiger partial charge in [0.25, 0.3) is 0 Å². The molecule has 3 rings (SSSR count). The smallest absolute Gasteiger partial charge is 0.872 e. The van der Waals surface area contributed by atoms with E-state index in [1.54, 1.807) is 24.3 Å². The molecule has 1 unspecified atom stereocenters. The van der Waals surface area contributed by atoms with Crippen molar-refractivity contribution in [1.82, 2.24) is 0 Å². The summed E-state index contributed by atoms with van der Waals surface area (Å²) in [7, 11) is 0. The molecule has 0 aliphatic carbocycles. The van der Waals surface area contributed by atoms with Crippen molar-refractivity contribution in [3.8, 4) is 11.5 Å². The van der Waals surface area contributed by atoms with E-state index in [0.29, 0.717) is 6.10 Å². The minimum atomic E-state index is 0. The Morgan fingerprint density at radius 1 is 0.794 bits per heavy atom. The van der Waals surface area contributed by atoms with Crippen LogP contribution in [0.5, 0.6) is 11.5 Å². The van der Waals surface area contributed by atoms with Gasteiger partial charge in [0.15, 0.2) is 0 Å². The first-order chi connectivity index (χ1) is 14.7. The van der Waals surface area contributed by atoms with E-state index >= 15 is 0 Å². The number of hydrogen-bond acceptors (Lipinski definition) is 3. The average Bonchev–Trinajstić information content (AvgIpc) is 3.51. The molecule has 174 valence electrons. The van der Waals surface area contributed by atoms with Gasteiger partial charge in [-0.25, -0.2) is 0 Å². The second-order valence-electron chi connectivity index (χ2n) is 9.44. The van der Waals surface area contributed by atoms with Crippen LogP contribution in [-0.2, 0) is 16.6 Å². The van der Waals surface area contributed by atoms with Crippen molar-refractivity contribution in [3.05, 3.63) is 59.7 Å². The second-order valence-corrected chi connectivity index (χ2v) is 9.44. The normalized spacial score (nSPS) is 13.4. The number of hydrogen-bond donors (Lipinski definition) is 0. The number of unbranched alkanes of at least 4 members (excludes halogenated alkanes) is 6. The van der Waals surface area contributed by atoms with Crippen molar-refractivity contribution in [2.45, 2.75) is 97.5 Å². The van der Waals surface area contributed by atoms with Crippen LogP contribution in [0.1, 0.15) is 90.7 Å². The van der Waals surface area contributed by atoms with Crippen molar-refractivity contribution in [3.63, 3.8) is 0 Å². The van der Waals surface area contributed by atoms with Crippen LogP contribution in [-0.4, -0.2) is 12.7 Å². The first-order valence-corrected chi connectivity index (χ1v) is 11.9. The minimum absolute atomic E-state index is 0. The molecule has 1 fully saturated rings. The van der Waals surface area contributed by atoms with Gasteiger partial charge in [-0.1, -0.05) is 115 Å². The van der Waals surface area contributed by atoms with Gasteiger partial charge >= 0.3 is 88.7 Å². The molecule has 1 saturated heterocycles. The Morgan fingerprint density at radius 3 is 1.71 bits per heavy atom. The van der Waals surface area contributed by atoms with Crippen molar-refractivity contribution in [2.24, 2.45) is 0 Å². The van der Waals surface area contributed by atoms with Gasteiger partial charge in [-0.3, -0.25) is 0 Å². The third-order valence-electron chi connectivity index (χ3n) is 5.19. The van der Waals surface area contributed by atoms with Crippen LogP contribution in [0.2, 0.25) is 0 Å². The molecule has 34 heavy (non-hydrogen) atoms. The third-order valence-corrected chi connectivity index (χ3v) is 5.19. The van der Waals surface area contributed by atoms with Crippen molar-refractivity contribution >= 4 is 0 Å². The number of ether oxygens (including phenoxy) is 1. The van der Waals surface area contributed by atoms with Gasteiger partial charge in [0, 0.05) is 0 Å². The standard InChI is InChI=1S/C15H24O.C10H14O.C3H6O.3Na/c1-2-3-4-5-6-7-8-9-14-10-12-15(16)13-11-14;1-10(2,3)8-5-4-6-9(11)7-8;1-3-2-4-3;;;/h10-13,16H,2-9H2,1H3;4-7,11H,1-3H3;3H,2H2,1H3;;;/q;;;3*+1/p-2. The molecule has 0 saturated carbocycles. The van der Waals surface area contributed by atoms with E-state index < -0.39 is 0 Å². The van der Waals surface area contributed by atoms with Crippen LogP contribution in [0.25, 0.3) is 0 Å². The predicted molar refractivity (Wildman–Crippen MR) is 128 cm³/mol. The molecule has 1 aliphatic heterocycles. The summed E-state index contributed by atoms with van der Waals surface area (Å²) in [4.78, 5) is 0. The molecular weight excluding hydrogens is 453 g/mol. The molecule has 0 radical (unpaired) electrons. The maximum Gasteiger partial charge on any atom is 1.00 e. The molecule has 0 aromatic heterocycles. The van der Waals surface area contributed by atoms with Gasteiger partial charge in [0.05, 0.1) is 12.7 Å². The Balaban J connectivity index is -0.000000465. The van der Waals surface area contributed by atoms with E-state index in [9.17, 15) is 10.2 Å². The third kappa shape index (κ3) is 22.2. The quantitative estimate of drug-likeness (QED) is 0.232. The Hall–Kier alpha value is 1.00. The van der Waals surface area contributed by atoms with Gasteiger partial charge in [0.2, 0.25) is 0 Å². The van der Waals surface area contributed by atoms with Gasteiger partial charge in [-0.2, -0.15) is 0 Å². The summed E-state index contributed by atoms with van der Waals surface area (Å²) in [6, 6.07) is 14.3. The van der Waals surface area contributed by atoms with Gasteiger partial charge in [-0.05, 0) is 36.3 Å². The van der Waals surface area contributed by atoms with E-state index in [-0.39, 0.29) is 106 Å². The Kier molecular flexibility index (Phi) is 26.9. The molecule has 3 nitrogen and oxygen atoms in total. The average molecular weight is 496 g/mol. The fraction of sp³-hybridized carbons (Fsp3) is 0.571. The summed E-state index contributed by atoms with van der Waals surface area (Å²) in [5.41, 5.74) is 2.48. The molecule has 0 spiro atoms. The van der Waals surface area contributed by atoms with Crippen molar-refractivity contribution in [2.75, 3.05) is 6.61 Å². The summed E-state index contributed by atoms with van der Waals surface area (Å²) in [6.45, 7) is 11.6. The molecule has 6 heteroatoms. The minimum Gasteiger partial charge on any atom is -0.872 e. The van der Waals surface area contributed by atoms with Crippen molar-refractivity contribution in [1.29, 1.82) is 0 Å². The van der Waals surface area contributed by atoms with E-state index in [4.69, 9.17) is 4.74 Å². The zero-order valence-corrected chi connectivity index (χ0v) is 29.3. The molecule has 1 atom stereocenters. The van der Waals surface area contributed by atoms with Crippen LogP contribution in [0.3, 0.4) is 0 Å². The fourth-order valence-electron chi connectivity index (χ4n) is 3.00. The summed E-state index contributed by atoms with van der Waals surface area (Å²) in [5.74, 6) is 0.209. The topological polar surface area (TPSA) is 58.6 Å². The largest absolute Gasteiger partial charge is 1.00 e. The monoisotopic (exact) mass is 495 g/mol. The van der Waals surface area contributed by atoms with E-state index in [1.807, 2.05) is 24.3 Å². The van der Waals surface area contributed by atoms with Crippen LogP contribution >= 0.6 is 0 Å². The Morgan fingerprint density at radius 2 is 1.29 bits per heavy atom. The number of benzene rings is 2. The Bertz CT molecular complexity index is 712. The molecule has 2 aromatic carbocycles. The van der Waals surface area contributed by atoms with Crippen LogP contribution in [0.15, 0.2) is 48.5 Å². The fourth-order valence-corrected chi connectivity index (χ4v) is 3.00. The molecule has 1 aliphatic rings. The van der Waals surface area contributed by atoms with E-state index in [0.717, 1.165) is 18.6 Å². The van der Waals surface area contributed by atoms with Gasteiger partial charge < -0.3 is 14.9 Å². The van der Waals surface area contributed by atoms with Crippen LogP contribution < -0.4 is 98.9 Å². The zero-order valence-electron chi connectivity index (χ0n) is 23.3. The van der Waals surface area contributed by atoms with E-state index in [1.165, 1.54) is 50.5 Å². The summed E-state index contributed by atoms with van der Waals surface area (Å²) in [5, 5.41) is 21.8. The van der Waals surface area contributed by atoms with E-state index in [2.05, 4.69) is 34.6 Å². The Labute approximate surface area is 275 Å². The first-order valence-electron chi connectivity index (χ1n) is 11.9. The molecule has 2 aromatic rings. The zero-order chi connectivity index (χ0) is 23.1. The molecule has 0 bridgehead atoms. The first kappa shape index (κ1) is 39.5. The predicted octanol–water partition coefficient (Wildman–Crippen LogP) is -2.47. The SMILES string of the molecule is CC(C)(C)c1cccc([O-])c1.CC1CO1.CCCCCCCCCc1ccc([O-])cc1.[Na+].[Na+].[Na+]. The van der Waals surface area contributed by atoms with Crippen LogP contribution in [0, 0.1) is 0 Å².